The summed E-state index contributed by atoms with van der Waals surface area (Å²) in [6.07, 6.45) is 0. The molecule has 2 aromatic rings. The van der Waals surface area contributed by atoms with Crippen LogP contribution in [0.2, 0.25) is 10.0 Å². The molecular weight excluding hydrogens is 331 g/mol. The number of carbonyl (C=O) groups excluding carboxylic acids is 1. The molecular formula is C18H18Cl2N2O. The van der Waals surface area contributed by atoms with Crippen molar-refractivity contribution in [2.75, 3.05) is 31.1 Å². The van der Waals surface area contributed by atoms with Gasteiger partial charge >= 0.3 is 0 Å². The van der Waals surface area contributed by atoms with E-state index in [0.717, 1.165) is 29.9 Å². The van der Waals surface area contributed by atoms with E-state index < -0.39 is 0 Å². The number of nitrogens with zero attached hydrogens (tertiary/aromatic N) is 2. The first-order valence-electron chi connectivity index (χ1n) is 7.60. The Bertz CT molecular complexity index is 725. The van der Waals surface area contributed by atoms with Gasteiger partial charge in [-0.3, -0.25) is 4.79 Å². The highest BCUT2D eigenvalue weighted by Crippen LogP contribution is 2.29. The fourth-order valence-electron chi connectivity index (χ4n) is 2.85. The summed E-state index contributed by atoms with van der Waals surface area (Å²) >= 11 is 12.2. The zero-order valence-electron chi connectivity index (χ0n) is 12.9. The molecule has 1 fully saturated rings. The van der Waals surface area contributed by atoms with E-state index in [-0.39, 0.29) is 5.91 Å². The Morgan fingerprint density at radius 1 is 1.00 bits per heavy atom. The van der Waals surface area contributed by atoms with Crippen LogP contribution in [0.3, 0.4) is 0 Å². The fourth-order valence-corrected chi connectivity index (χ4v) is 3.38. The van der Waals surface area contributed by atoms with Crippen LogP contribution >= 0.6 is 23.2 Å². The maximum atomic E-state index is 12.6. The zero-order chi connectivity index (χ0) is 16.4. The first-order valence-corrected chi connectivity index (χ1v) is 8.36. The van der Waals surface area contributed by atoms with Crippen LogP contribution in [-0.4, -0.2) is 37.0 Å². The van der Waals surface area contributed by atoms with Crippen molar-refractivity contribution >= 4 is 34.8 Å². The highest BCUT2D eigenvalue weighted by atomic mass is 35.5. The number of anilines is 1. The third kappa shape index (κ3) is 3.62. The normalized spacial score (nSPS) is 14.9. The molecule has 3 nitrogen and oxygen atoms in total. The Labute approximate surface area is 146 Å². The molecule has 5 heteroatoms. The largest absolute Gasteiger partial charge is 0.367 e. The van der Waals surface area contributed by atoms with Crippen molar-refractivity contribution in [1.82, 2.24) is 4.90 Å². The topological polar surface area (TPSA) is 23.6 Å². The predicted octanol–water partition coefficient (Wildman–Crippen LogP) is 4.26. The van der Waals surface area contributed by atoms with E-state index in [0.29, 0.717) is 23.1 Å². The van der Waals surface area contributed by atoms with E-state index in [4.69, 9.17) is 23.2 Å². The fraction of sp³-hybridized carbons (Fsp3) is 0.278. The van der Waals surface area contributed by atoms with Crippen LogP contribution in [0.5, 0.6) is 0 Å². The Balaban J connectivity index is 1.67. The van der Waals surface area contributed by atoms with Gasteiger partial charge in [0.2, 0.25) is 0 Å². The summed E-state index contributed by atoms with van der Waals surface area (Å²) in [4.78, 5) is 16.7. The minimum Gasteiger partial charge on any atom is -0.367 e. The number of rotatable bonds is 2. The molecule has 0 unspecified atom stereocenters. The van der Waals surface area contributed by atoms with Gasteiger partial charge in [-0.25, -0.2) is 0 Å². The number of hydrogen-bond donors (Lipinski definition) is 0. The molecule has 3 rings (SSSR count). The minimum atomic E-state index is 0.0931. The molecule has 1 saturated heterocycles. The van der Waals surface area contributed by atoms with Crippen molar-refractivity contribution in [1.29, 1.82) is 0 Å². The van der Waals surface area contributed by atoms with Crippen LogP contribution in [0, 0.1) is 6.92 Å². The molecule has 23 heavy (non-hydrogen) atoms. The lowest BCUT2D eigenvalue weighted by atomic mass is 10.1. The maximum absolute atomic E-state index is 12.6. The van der Waals surface area contributed by atoms with Crippen LogP contribution in [0.25, 0.3) is 0 Å². The first-order chi connectivity index (χ1) is 11.0. The van der Waals surface area contributed by atoms with Gasteiger partial charge < -0.3 is 9.80 Å². The van der Waals surface area contributed by atoms with Crippen molar-refractivity contribution in [2.24, 2.45) is 0 Å². The van der Waals surface area contributed by atoms with E-state index >= 15 is 0 Å². The second kappa shape index (κ2) is 6.81. The number of amides is 1. The van der Waals surface area contributed by atoms with Gasteiger partial charge in [-0.05, 0) is 37.3 Å². The maximum Gasteiger partial charge on any atom is 0.253 e. The Hall–Kier alpha value is -1.71. The van der Waals surface area contributed by atoms with Gasteiger partial charge in [-0.1, -0.05) is 40.9 Å². The standard InChI is InChI=1S/C18H18Cl2N2O/c1-13-3-2-4-14(11-13)18(23)22-9-7-21(8-10-22)17-6-5-15(19)12-16(17)20/h2-6,11-12H,7-10H2,1H3. The van der Waals surface area contributed by atoms with Crippen molar-refractivity contribution < 1.29 is 4.79 Å². The zero-order valence-corrected chi connectivity index (χ0v) is 14.4. The highest BCUT2D eigenvalue weighted by Gasteiger charge is 2.23. The Morgan fingerprint density at radius 2 is 1.74 bits per heavy atom. The van der Waals surface area contributed by atoms with Crippen LogP contribution in [0.1, 0.15) is 15.9 Å². The van der Waals surface area contributed by atoms with Gasteiger partial charge in [0.05, 0.1) is 10.7 Å². The second-order valence-electron chi connectivity index (χ2n) is 5.74. The van der Waals surface area contributed by atoms with Crippen LogP contribution in [0.4, 0.5) is 5.69 Å². The van der Waals surface area contributed by atoms with E-state index in [9.17, 15) is 4.79 Å². The number of benzene rings is 2. The summed E-state index contributed by atoms with van der Waals surface area (Å²) in [6, 6.07) is 13.3. The number of hydrogen-bond acceptors (Lipinski definition) is 2. The van der Waals surface area contributed by atoms with Gasteiger partial charge in [0.1, 0.15) is 0 Å². The Morgan fingerprint density at radius 3 is 2.39 bits per heavy atom. The molecule has 120 valence electrons. The van der Waals surface area contributed by atoms with E-state index in [1.807, 2.05) is 48.2 Å². The molecule has 1 aliphatic heterocycles. The molecule has 0 N–H and O–H groups in total. The summed E-state index contributed by atoms with van der Waals surface area (Å²) in [5, 5.41) is 1.28. The second-order valence-corrected chi connectivity index (χ2v) is 6.59. The monoisotopic (exact) mass is 348 g/mol. The van der Waals surface area contributed by atoms with Crippen LogP contribution in [-0.2, 0) is 0 Å². The van der Waals surface area contributed by atoms with Gasteiger partial charge in [-0.15, -0.1) is 0 Å². The number of halogens is 2. The van der Waals surface area contributed by atoms with Crippen molar-refractivity contribution in [3.63, 3.8) is 0 Å². The average Bonchev–Trinajstić information content (AvgIpc) is 2.54. The lowest BCUT2D eigenvalue weighted by Gasteiger charge is -2.36. The number of aryl methyl sites for hydroxylation is 1. The molecule has 0 spiro atoms. The number of piperazine rings is 1. The van der Waals surface area contributed by atoms with Gasteiger partial charge in [0.15, 0.2) is 0 Å². The average molecular weight is 349 g/mol. The first kappa shape index (κ1) is 16.2. The molecule has 0 aliphatic carbocycles. The van der Waals surface area contributed by atoms with Gasteiger partial charge in [-0.2, -0.15) is 0 Å². The quantitative estimate of drug-likeness (QED) is 0.809. The van der Waals surface area contributed by atoms with Crippen LogP contribution < -0.4 is 4.90 Å². The summed E-state index contributed by atoms with van der Waals surface area (Å²) in [6.45, 7) is 4.90. The lowest BCUT2D eigenvalue weighted by Crippen LogP contribution is -2.48. The summed E-state index contributed by atoms with van der Waals surface area (Å²) < 4.78 is 0. The van der Waals surface area contributed by atoms with Gasteiger partial charge in [0, 0.05) is 36.8 Å². The van der Waals surface area contributed by atoms with Crippen molar-refractivity contribution in [3.8, 4) is 0 Å². The third-order valence-corrected chi connectivity index (χ3v) is 4.62. The van der Waals surface area contributed by atoms with E-state index in [1.54, 1.807) is 6.07 Å². The summed E-state index contributed by atoms with van der Waals surface area (Å²) in [5.74, 6) is 0.0931. The highest BCUT2D eigenvalue weighted by molar-refractivity contribution is 6.36. The molecule has 1 heterocycles. The summed E-state index contributed by atoms with van der Waals surface area (Å²) in [7, 11) is 0. The SMILES string of the molecule is Cc1cccc(C(=O)N2CCN(c3ccc(Cl)cc3Cl)CC2)c1. The van der Waals surface area contributed by atoms with Crippen LogP contribution in [0.15, 0.2) is 42.5 Å². The third-order valence-electron chi connectivity index (χ3n) is 4.08. The van der Waals surface area contributed by atoms with Gasteiger partial charge in [0.25, 0.3) is 5.91 Å². The van der Waals surface area contributed by atoms with E-state index in [2.05, 4.69) is 4.90 Å². The molecule has 0 bridgehead atoms. The van der Waals surface area contributed by atoms with E-state index in [1.165, 1.54) is 0 Å². The minimum absolute atomic E-state index is 0.0931. The number of carbonyl (C=O) groups is 1. The molecule has 0 atom stereocenters. The summed E-state index contributed by atoms with van der Waals surface area (Å²) in [5.41, 5.74) is 2.82. The molecule has 0 aromatic heterocycles. The molecule has 2 aromatic carbocycles. The van der Waals surface area contributed by atoms with Crippen molar-refractivity contribution in [3.05, 3.63) is 63.6 Å². The molecule has 1 aliphatic rings. The lowest BCUT2D eigenvalue weighted by molar-refractivity contribution is 0.0746. The van der Waals surface area contributed by atoms with Crippen molar-refractivity contribution in [2.45, 2.75) is 6.92 Å². The molecule has 0 radical (unpaired) electrons. The smallest absolute Gasteiger partial charge is 0.253 e. The predicted molar refractivity (Wildman–Crippen MR) is 95.8 cm³/mol. The molecule has 1 amide bonds. The Kier molecular flexibility index (Phi) is 4.79. The molecule has 0 saturated carbocycles.